The van der Waals surface area contributed by atoms with E-state index in [9.17, 15) is 4.89 Å². The van der Waals surface area contributed by atoms with Gasteiger partial charge < -0.3 is 30.4 Å². The van der Waals surface area contributed by atoms with Crippen LogP contribution in [0.4, 0.5) is 11.8 Å². The van der Waals surface area contributed by atoms with Gasteiger partial charge in [0.15, 0.2) is 17.7 Å². The second-order valence-corrected chi connectivity index (χ2v) is 11.9. The van der Waals surface area contributed by atoms with Crippen LogP contribution in [0.15, 0.2) is 6.33 Å². The maximum absolute atomic E-state index is 13.0. The molecule has 2 aromatic heterocycles. The average Bonchev–Trinajstić information content (AvgIpc) is 3.14. The smallest absolute Gasteiger partial charge is 0.224 e. The quantitative estimate of drug-likeness (QED) is 0.561. The third-order valence-corrected chi connectivity index (χ3v) is 7.32. The van der Waals surface area contributed by atoms with Crippen LogP contribution in [0.2, 0.25) is 0 Å². The lowest BCUT2D eigenvalue weighted by atomic mass is 10.0. The number of methoxy groups -OCH3 is 1. The molecule has 12 heteroatoms. The molecule has 10 nitrogen and oxygen atoms in total. The Hall–Kier alpha value is -1.36. The molecule has 0 saturated carbocycles. The lowest BCUT2D eigenvalue weighted by molar-refractivity contribution is -0.191. The average molecular weight is 458 g/mol. The molecule has 3 heterocycles. The number of ether oxygens (including phenoxy) is 2. The van der Waals surface area contributed by atoms with Crippen molar-refractivity contribution in [3.63, 3.8) is 0 Å². The molecule has 1 saturated heterocycles. The molecule has 1 aliphatic heterocycles. The van der Waals surface area contributed by atoms with E-state index < -0.39 is 24.9 Å². The van der Waals surface area contributed by atoms with Gasteiger partial charge in [0.1, 0.15) is 17.7 Å². The minimum Gasteiger partial charge on any atom is -0.801 e. The van der Waals surface area contributed by atoms with Gasteiger partial charge in [-0.3, -0.25) is 4.57 Å². The fraction of sp³-hybridized carbons (Fsp3) is 0.722. The summed E-state index contributed by atoms with van der Waals surface area (Å²) in [6.45, 7) is 4.82. The minimum atomic E-state index is -3.26. The molecule has 4 N–H and O–H groups in total. The van der Waals surface area contributed by atoms with Gasteiger partial charge in [0.2, 0.25) is 5.95 Å². The normalized spacial score (nSPS) is 26.7. The van der Waals surface area contributed by atoms with Crippen molar-refractivity contribution in [1.29, 1.82) is 0 Å². The number of imidazole rings is 1. The Balaban J connectivity index is 1.99. The van der Waals surface area contributed by atoms with Crippen LogP contribution < -0.4 is 16.4 Å². The van der Waals surface area contributed by atoms with Gasteiger partial charge in [-0.2, -0.15) is 9.97 Å². The largest absolute Gasteiger partial charge is 0.801 e. The van der Waals surface area contributed by atoms with Crippen molar-refractivity contribution in [2.75, 3.05) is 24.7 Å². The first-order valence-corrected chi connectivity index (χ1v) is 12.8. The fourth-order valence-corrected chi connectivity index (χ4v) is 6.58. The molecular formula is C18H30N6O4PS-. The second kappa shape index (κ2) is 9.02. The van der Waals surface area contributed by atoms with Crippen molar-refractivity contribution >= 4 is 41.2 Å². The summed E-state index contributed by atoms with van der Waals surface area (Å²) >= 11 is 5.32. The first-order chi connectivity index (χ1) is 14.0. The summed E-state index contributed by atoms with van der Waals surface area (Å²) in [6.07, 6.45) is 0.383. The molecule has 2 unspecified atom stereocenters. The summed E-state index contributed by atoms with van der Waals surface area (Å²) < 4.78 is 19.8. The Labute approximate surface area is 181 Å². The summed E-state index contributed by atoms with van der Waals surface area (Å²) in [5.74, 6) is 0.685. The Kier molecular flexibility index (Phi) is 7.01. The van der Waals surface area contributed by atoms with E-state index in [2.05, 4.69) is 28.8 Å². The molecule has 0 spiro atoms. The Morgan fingerprint density at radius 3 is 2.53 bits per heavy atom. The molecule has 1 fully saturated rings. The van der Waals surface area contributed by atoms with Crippen molar-refractivity contribution < 1.29 is 18.9 Å². The van der Waals surface area contributed by atoms with Crippen LogP contribution in [0.25, 0.3) is 11.2 Å². The van der Waals surface area contributed by atoms with E-state index >= 15 is 0 Å². The molecule has 0 aliphatic carbocycles. The van der Waals surface area contributed by atoms with E-state index in [0.717, 1.165) is 0 Å². The number of rotatable bonds is 8. The van der Waals surface area contributed by atoms with Crippen LogP contribution in [-0.4, -0.2) is 51.1 Å². The first-order valence-electron chi connectivity index (χ1n) is 9.94. The van der Waals surface area contributed by atoms with Gasteiger partial charge in [-0.25, -0.2) is 4.98 Å². The standard InChI is InChI=1S/C18H31N6O4PS/c1-9(2)6-11-13(28-29(25,30)7-10(3)4)14(26-5)17(27-11)24-8-21-12-15(19)22-18(20)23-16(12)24/h8-11,13-14,17H,6-7H2,1-5H3,(H,25,30)(H4,19,20,22,23)/p-1/t11-,13?,14+,17-,29?/m1/s1. The molecule has 1 aliphatic rings. The second-order valence-electron chi connectivity index (χ2n) is 8.44. The zero-order valence-corrected chi connectivity index (χ0v) is 19.6. The number of nitrogen functional groups attached to an aromatic ring is 2. The fourth-order valence-electron chi connectivity index (χ4n) is 3.78. The van der Waals surface area contributed by atoms with Crippen LogP contribution in [0, 0.1) is 11.8 Å². The number of fused-ring (bicyclic) bond motifs is 1. The topological polar surface area (TPSA) is 146 Å². The van der Waals surface area contributed by atoms with Gasteiger partial charge in [-0.05, 0) is 30.9 Å². The molecule has 3 rings (SSSR count). The van der Waals surface area contributed by atoms with E-state index in [4.69, 9.17) is 37.3 Å². The lowest BCUT2D eigenvalue weighted by Gasteiger charge is -2.36. The van der Waals surface area contributed by atoms with Crippen LogP contribution >= 0.6 is 6.49 Å². The molecule has 5 atom stereocenters. The predicted octanol–water partition coefficient (Wildman–Crippen LogP) is 1.66. The Morgan fingerprint density at radius 1 is 1.23 bits per heavy atom. The maximum atomic E-state index is 13.0. The highest BCUT2D eigenvalue weighted by Crippen LogP contribution is 2.47. The van der Waals surface area contributed by atoms with Crippen LogP contribution in [0.3, 0.4) is 0 Å². The summed E-state index contributed by atoms with van der Waals surface area (Å²) in [7, 11) is 1.56. The molecular weight excluding hydrogens is 427 g/mol. The molecule has 0 radical (unpaired) electrons. The molecule has 2 aromatic rings. The number of hydrogen-bond donors (Lipinski definition) is 2. The van der Waals surface area contributed by atoms with Gasteiger partial charge in [-0.15, -0.1) is 0 Å². The van der Waals surface area contributed by atoms with E-state index in [0.29, 0.717) is 29.7 Å². The minimum absolute atomic E-state index is 0.0345. The molecule has 168 valence electrons. The van der Waals surface area contributed by atoms with Crippen molar-refractivity contribution in [3.05, 3.63) is 6.33 Å². The zero-order valence-electron chi connectivity index (χ0n) is 17.9. The van der Waals surface area contributed by atoms with Crippen LogP contribution in [0.5, 0.6) is 0 Å². The van der Waals surface area contributed by atoms with Crippen molar-refractivity contribution in [3.8, 4) is 0 Å². The number of aromatic nitrogens is 4. The van der Waals surface area contributed by atoms with E-state index in [1.54, 1.807) is 18.0 Å². The summed E-state index contributed by atoms with van der Waals surface area (Å²) in [6, 6.07) is 0. The van der Waals surface area contributed by atoms with E-state index in [1.165, 1.54) is 0 Å². The maximum Gasteiger partial charge on any atom is 0.224 e. The highest BCUT2D eigenvalue weighted by molar-refractivity contribution is 8.08. The summed E-state index contributed by atoms with van der Waals surface area (Å²) in [5, 5.41) is 0. The van der Waals surface area contributed by atoms with Crippen molar-refractivity contribution in [2.24, 2.45) is 11.8 Å². The zero-order chi connectivity index (χ0) is 22.2. The summed E-state index contributed by atoms with van der Waals surface area (Å²) in [5.41, 5.74) is 12.6. The number of anilines is 2. The highest BCUT2D eigenvalue weighted by atomic mass is 32.5. The van der Waals surface area contributed by atoms with Crippen molar-refractivity contribution in [1.82, 2.24) is 19.5 Å². The Morgan fingerprint density at radius 2 is 1.93 bits per heavy atom. The van der Waals surface area contributed by atoms with Gasteiger partial charge in [0.05, 0.1) is 12.4 Å². The number of hydrogen-bond acceptors (Lipinski definition) is 10. The predicted molar refractivity (Wildman–Crippen MR) is 117 cm³/mol. The highest BCUT2D eigenvalue weighted by Gasteiger charge is 2.48. The van der Waals surface area contributed by atoms with E-state index in [-0.39, 0.29) is 23.8 Å². The van der Waals surface area contributed by atoms with Crippen LogP contribution in [0.1, 0.15) is 40.3 Å². The van der Waals surface area contributed by atoms with Gasteiger partial charge >= 0.3 is 0 Å². The third-order valence-electron chi connectivity index (χ3n) is 4.87. The van der Waals surface area contributed by atoms with Gasteiger partial charge in [0.25, 0.3) is 0 Å². The molecule has 0 bridgehead atoms. The molecule has 0 amide bonds. The lowest BCUT2D eigenvalue weighted by Crippen LogP contribution is -2.37. The molecule has 30 heavy (non-hydrogen) atoms. The van der Waals surface area contributed by atoms with E-state index in [1.807, 2.05) is 13.8 Å². The molecule has 0 aromatic carbocycles. The Bertz CT molecular complexity index is 939. The monoisotopic (exact) mass is 457 g/mol. The summed E-state index contributed by atoms with van der Waals surface area (Å²) in [4.78, 5) is 25.5. The van der Waals surface area contributed by atoms with Gasteiger partial charge in [0, 0.05) is 7.11 Å². The number of nitrogens with two attached hydrogens (primary N) is 2. The van der Waals surface area contributed by atoms with Crippen LogP contribution in [-0.2, 0) is 25.8 Å². The SMILES string of the molecule is CO[C@H]1C(OP([O-])(=S)CC(C)C)[C@@H](CC(C)C)O[C@H]1n1cnc2c(N)nc(N)nc21. The first kappa shape index (κ1) is 23.3. The van der Waals surface area contributed by atoms with Gasteiger partial charge in [-0.1, -0.05) is 39.5 Å². The number of nitrogens with zero attached hydrogens (tertiary/aromatic N) is 4. The third kappa shape index (κ3) is 4.92. The van der Waals surface area contributed by atoms with Crippen molar-refractivity contribution in [2.45, 2.75) is 58.7 Å².